The molecule has 23 heavy (non-hydrogen) atoms. The van der Waals surface area contributed by atoms with E-state index < -0.39 is 0 Å². The van der Waals surface area contributed by atoms with Gasteiger partial charge in [0.1, 0.15) is 0 Å². The molecule has 0 spiro atoms. The molecule has 2 aromatic rings. The zero-order chi connectivity index (χ0) is 16.7. The minimum Gasteiger partial charge on any atom is -0.357 e. The minimum atomic E-state index is 0.758. The average molecular weight is 331 g/mol. The standard InChI is InChI=1S/C17H25N5S/c1-5-19-17(22(4)11-16-12-23-14(3)21-16)20-9-7-15-6-8-18-10-13(15)2/h6,8,10,12H,5,7,9,11H2,1-4H3,(H,19,20). The predicted molar refractivity (Wildman–Crippen MR) is 97.0 cm³/mol. The van der Waals surface area contributed by atoms with Gasteiger partial charge in [0.15, 0.2) is 5.96 Å². The van der Waals surface area contributed by atoms with E-state index in [9.17, 15) is 0 Å². The highest BCUT2D eigenvalue weighted by atomic mass is 32.1. The molecule has 5 nitrogen and oxygen atoms in total. The molecule has 0 saturated carbocycles. The molecule has 6 heteroatoms. The van der Waals surface area contributed by atoms with Crippen LogP contribution < -0.4 is 5.32 Å². The fourth-order valence-corrected chi connectivity index (χ4v) is 2.94. The molecule has 2 heterocycles. The van der Waals surface area contributed by atoms with Crippen molar-refractivity contribution < 1.29 is 0 Å². The summed E-state index contributed by atoms with van der Waals surface area (Å²) in [5.41, 5.74) is 3.61. The van der Waals surface area contributed by atoms with Gasteiger partial charge in [0.05, 0.1) is 17.2 Å². The summed E-state index contributed by atoms with van der Waals surface area (Å²) in [6.07, 6.45) is 4.67. The Morgan fingerprint density at radius 2 is 2.22 bits per heavy atom. The number of pyridine rings is 1. The highest BCUT2D eigenvalue weighted by Gasteiger charge is 2.08. The van der Waals surface area contributed by atoms with Crippen molar-refractivity contribution in [3.8, 4) is 0 Å². The zero-order valence-corrected chi connectivity index (χ0v) is 15.2. The SMILES string of the molecule is CCNC(=NCCc1ccncc1C)N(C)Cc1csc(C)n1. The van der Waals surface area contributed by atoms with Crippen molar-refractivity contribution in [2.75, 3.05) is 20.1 Å². The van der Waals surface area contributed by atoms with Gasteiger partial charge in [-0.3, -0.25) is 9.98 Å². The molecule has 0 fully saturated rings. The Morgan fingerprint density at radius 1 is 1.39 bits per heavy atom. The Labute approximate surface area is 142 Å². The molecule has 124 valence electrons. The maximum absolute atomic E-state index is 4.74. The summed E-state index contributed by atoms with van der Waals surface area (Å²) < 4.78 is 0. The summed E-state index contributed by atoms with van der Waals surface area (Å²) in [6, 6.07) is 2.07. The van der Waals surface area contributed by atoms with Crippen LogP contribution in [0.2, 0.25) is 0 Å². The van der Waals surface area contributed by atoms with E-state index >= 15 is 0 Å². The lowest BCUT2D eigenvalue weighted by Crippen LogP contribution is -2.38. The maximum atomic E-state index is 4.74. The lowest BCUT2D eigenvalue weighted by atomic mass is 10.1. The minimum absolute atomic E-state index is 0.758. The summed E-state index contributed by atoms with van der Waals surface area (Å²) in [5.74, 6) is 0.921. The van der Waals surface area contributed by atoms with Crippen molar-refractivity contribution in [1.82, 2.24) is 20.2 Å². The van der Waals surface area contributed by atoms with E-state index in [-0.39, 0.29) is 0 Å². The fourth-order valence-electron chi connectivity index (χ4n) is 2.33. The molecule has 0 aliphatic rings. The molecule has 0 atom stereocenters. The lowest BCUT2D eigenvalue weighted by Gasteiger charge is -2.21. The van der Waals surface area contributed by atoms with E-state index in [1.807, 2.05) is 26.4 Å². The molecule has 0 aromatic carbocycles. The first kappa shape index (κ1) is 17.4. The molecule has 0 radical (unpaired) electrons. The predicted octanol–water partition coefficient (Wildman–Crippen LogP) is 2.79. The van der Waals surface area contributed by atoms with Gasteiger partial charge >= 0.3 is 0 Å². The molecule has 0 aliphatic carbocycles. The largest absolute Gasteiger partial charge is 0.357 e. The Kier molecular flexibility index (Phi) is 6.52. The number of nitrogens with zero attached hydrogens (tertiary/aromatic N) is 4. The molecular weight excluding hydrogens is 306 g/mol. The summed E-state index contributed by atoms with van der Waals surface area (Å²) >= 11 is 1.68. The molecule has 0 bridgehead atoms. The van der Waals surface area contributed by atoms with Crippen molar-refractivity contribution >= 4 is 17.3 Å². The van der Waals surface area contributed by atoms with E-state index in [1.165, 1.54) is 11.1 Å². The maximum Gasteiger partial charge on any atom is 0.194 e. The first-order valence-electron chi connectivity index (χ1n) is 7.90. The van der Waals surface area contributed by atoms with Crippen molar-refractivity contribution in [2.45, 2.75) is 33.7 Å². The summed E-state index contributed by atoms with van der Waals surface area (Å²) in [7, 11) is 2.05. The van der Waals surface area contributed by atoms with Gasteiger partial charge in [-0.15, -0.1) is 11.3 Å². The molecule has 2 aromatic heterocycles. The van der Waals surface area contributed by atoms with Crippen LogP contribution in [0.3, 0.4) is 0 Å². The Bertz CT molecular complexity index is 650. The van der Waals surface area contributed by atoms with Crippen LogP contribution in [-0.2, 0) is 13.0 Å². The molecule has 0 amide bonds. The van der Waals surface area contributed by atoms with E-state index in [1.54, 1.807) is 11.3 Å². The van der Waals surface area contributed by atoms with Crippen LogP contribution in [0, 0.1) is 13.8 Å². The first-order valence-corrected chi connectivity index (χ1v) is 8.78. The van der Waals surface area contributed by atoms with Gasteiger partial charge < -0.3 is 10.2 Å². The van der Waals surface area contributed by atoms with Crippen LogP contribution in [-0.4, -0.2) is 41.0 Å². The number of aromatic nitrogens is 2. The molecule has 1 N–H and O–H groups in total. The molecule has 0 aliphatic heterocycles. The number of hydrogen-bond acceptors (Lipinski definition) is 4. The Morgan fingerprint density at radius 3 is 2.87 bits per heavy atom. The smallest absolute Gasteiger partial charge is 0.194 e. The van der Waals surface area contributed by atoms with E-state index in [2.05, 4.69) is 45.5 Å². The summed E-state index contributed by atoms with van der Waals surface area (Å²) in [5, 5.41) is 6.56. The first-order chi connectivity index (χ1) is 11.1. The van der Waals surface area contributed by atoms with Crippen LogP contribution in [0.25, 0.3) is 0 Å². The van der Waals surface area contributed by atoms with E-state index in [0.717, 1.165) is 42.7 Å². The Hall–Kier alpha value is -1.95. The zero-order valence-electron chi connectivity index (χ0n) is 14.3. The third-order valence-electron chi connectivity index (χ3n) is 3.54. The lowest BCUT2D eigenvalue weighted by molar-refractivity contribution is 0.471. The average Bonchev–Trinajstić information content (AvgIpc) is 2.93. The number of guanidine groups is 1. The highest BCUT2D eigenvalue weighted by Crippen LogP contribution is 2.10. The number of hydrogen-bond donors (Lipinski definition) is 1. The van der Waals surface area contributed by atoms with Crippen LogP contribution in [0.1, 0.15) is 28.8 Å². The summed E-state index contributed by atoms with van der Waals surface area (Å²) in [6.45, 7) is 8.59. The van der Waals surface area contributed by atoms with Gasteiger partial charge in [-0.1, -0.05) is 0 Å². The van der Waals surface area contributed by atoms with Gasteiger partial charge in [-0.05, 0) is 44.4 Å². The van der Waals surface area contributed by atoms with Gasteiger partial charge in [0.2, 0.25) is 0 Å². The van der Waals surface area contributed by atoms with Gasteiger partial charge in [0, 0.05) is 37.9 Å². The van der Waals surface area contributed by atoms with Crippen molar-refractivity contribution in [3.05, 3.63) is 45.7 Å². The molecule has 0 unspecified atom stereocenters. The molecular formula is C17H25N5S. The quantitative estimate of drug-likeness (QED) is 0.653. The topological polar surface area (TPSA) is 53.4 Å². The van der Waals surface area contributed by atoms with Gasteiger partial charge in [-0.25, -0.2) is 4.98 Å². The second-order valence-corrected chi connectivity index (χ2v) is 6.56. The van der Waals surface area contributed by atoms with Crippen LogP contribution in [0.5, 0.6) is 0 Å². The number of thiazole rings is 1. The third kappa shape index (κ3) is 5.32. The van der Waals surface area contributed by atoms with Gasteiger partial charge in [-0.2, -0.15) is 0 Å². The highest BCUT2D eigenvalue weighted by molar-refractivity contribution is 7.09. The van der Waals surface area contributed by atoms with E-state index in [4.69, 9.17) is 4.99 Å². The van der Waals surface area contributed by atoms with Crippen molar-refractivity contribution in [2.24, 2.45) is 4.99 Å². The summed E-state index contributed by atoms with van der Waals surface area (Å²) in [4.78, 5) is 15.5. The fraction of sp³-hybridized carbons (Fsp3) is 0.471. The second kappa shape index (κ2) is 8.62. The van der Waals surface area contributed by atoms with Crippen molar-refractivity contribution in [3.63, 3.8) is 0 Å². The Balaban J connectivity index is 1.97. The monoisotopic (exact) mass is 331 g/mol. The normalized spacial score (nSPS) is 11.6. The number of nitrogens with one attached hydrogen (secondary N) is 1. The number of rotatable bonds is 6. The molecule has 2 rings (SSSR count). The molecule has 0 saturated heterocycles. The van der Waals surface area contributed by atoms with Crippen LogP contribution >= 0.6 is 11.3 Å². The number of aryl methyl sites for hydroxylation is 2. The van der Waals surface area contributed by atoms with Crippen LogP contribution in [0.15, 0.2) is 28.8 Å². The third-order valence-corrected chi connectivity index (χ3v) is 4.36. The number of aliphatic imine (C=N–C) groups is 1. The van der Waals surface area contributed by atoms with Crippen molar-refractivity contribution in [1.29, 1.82) is 0 Å². The van der Waals surface area contributed by atoms with Crippen LogP contribution in [0.4, 0.5) is 0 Å². The van der Waals surface area contributed by atoms with E-state index in [0.29, 0.717) is 0 Å². The second-order valence-electron chi connectivity index (χ2n) is 5.50. The van der Waals surface area contributed by atoms with Gasteiger partial charge in [0.25, 0.3) is 0 Å².